The smallest absolute Gasteiger partial charge is 0.249 e. The van der Waals surface area contributed by atoms with E-state index in [-0.39, 0.29) is 12.4 Å². The first-order valence-corrected chi connectivity index (χ1v) is 3.94. The predicted molar refractivity (Wildman–Crippen MR) is 45.4 cm³/mol. The summed E-state index contributed by atoms with van der Waals surface area (Å²) in [5.74, 6) is 0.0783. The van der Waals surface area contributed by atoms with Crippen molar-refractivity contribution in [2.75, 3.05) is 0 Å². The molecule has 0 atom stereocenters. The summed E-state index contributed by atoms with van der Waals surface area (Å²) < 4.78 is 17.6. The topological polar surface area (TPSA) is 77.8 Å². The number of halogens is 1. The minimum atomic E-state index is -0.549. The lowest BCUT2D eigenvalue weighted by Crippen LogP contribution is -1.95. The molecule has 0 spiro atoms. The Hall–Kier alpha value is -1.82. The van der Waals surface area contributed by atoms with Crippen molar-refractivity contribution in [3.63, 3.8) is 0 Å². The van der Waals surface area contributed by atoms with Crippen LogP contribution < -0.4 is 5.73 Å². The van der Waals surface area contributed by atoms with Gasteiger partial charge in [-0.25, -0.2) is 4.98 Å². The van der Waals surface area contributed by atoms with Gasteiger partial charge in [0.05, 0.1) is 12.1 Å². The minimum absolute atomic E-state index is 0.182. The minimum Gasteiger partial charge on any atom is -0.419 e. The number of rotatable bonds is 2. The average molecular weight is 194 g/mol. The van der Waals surface area contributed by atoms with Gasteiger partial charge >= 0.3 is 0 Å². The van der Waals surface area contributed by atoms with Crippen LogP contribution in [0.15, 0.2) is 22.7 Å². The molecule has 2 heterocycles. The highest BCUT2D eigenvalue weighted by atomic mass is 19.1. The third-order valence-electron chi connectivity index (χ3n) is 1.62. The number of nitrogens with zero attached hydrogens (tertiary/aromatic N) is 3. The van der Waals surface area contributed by atoms with Crippen LogP contribution >= 0.6 is 0 Å². The zero-order valence-electron chi connectivity index (χ0n) is 7.14. The summed E-state index contributed by atoms with van der Waals surface area (Å²) in [6.07, 6.45) is 1.32. The highest BCUT2D eigenvalue weighted by Gasteiger charge is 2.07. The number of aromatic nitrogens is 3. The highest BCUT2D eigenvalue weighted by molar-refractivity contribution is 5.49. The molecule has 2 N–H and O–H groups in total. The molecular formula is C8H7FN4O. The average Bonchev–Trinajstić information content (AvgIpc) is 2.67. The summed E-state index contributed by atoms with van der Waals surface area (Å²) in [6, 6.07) is 2.73. The number of pyridine rings is 1. The molecule has 0 saturated heterocycles. The van der Waals surface area contributed by atoms with Crippen molar-refractivity contribution < 1.29 is 8.81 Å². The molecule has 72 valence electrons. The molecule has 0 amide bonds. The second-order valence-electron chi connectivity index (χ2n) is 2.57. The molecule has 0 fully saturated rings. The molecule has 0 aliphatic carbocycles. The van der Waals surface area contributed by atoms with Gasteiger partial charge in [-0.3, -0.25) is 0 Å². The van der Waals surface area contributed by atoms with Crippen LogP contribution in [0.25, 0.3) is 11.5 Å². The van der Waals surface area contributed by atoms with E-state index in [0.717, 1.165) is 0 Å². The van der Waals surface area contributed by atoms with Crippen molar-refractivity contribution >= 4 is 0 Å². The Kier molecular flexibility index (Phi) is 2.19. The van der Waals surface area contributed by atoms with Crippen LogP contribution in [-0.4, -0.2) is 15.2 Å². The van der Waals surface area contributed by atoms with Crippen molar-refractivity contribution in [1.29, 1.82) is 0 Å². The van der Waals surface area contributed by atoms with E-state index in [4.69, 9.17) is 10.2 Å². The van der Waals surface area contributed by atoms with Gasteiger partial charge in [0.1, 0.15) is 0 Å². The summed E-state index contributed by atoms with van der Waals surface area (Å²) in [5.41, 5.74) is 5.86. The molecule has 0 aliphatic heterocycles. The van der Waals surface area contributed by atoms with Gasteiger partial charge in [-0.15, -0.1) is 10.2 Å². The first-order valence-electron chi connectivity index (χ1n) is 3.94. The van der Waals surface area contributed by atoms with Crippen LogP contribution in [0.5, 0.6) is 0 Å². The van der Waals surface area contributed by atoms with Crippen molar-refractivity contribution in [3.05, 3.63) is 30.2 Å². The van der Waals surface area contributed by atoms with Gasteiger partial charge in [0, 0.05) is 6.20 Å². The van der Waals surface area contributed by atoms with Gasteiger partial charge < -0.3 is 10.2 Å². The maximum atomic E-state index is 12.5. The molecule has 2 rings (SSSR count). The molecule has 5 nitrogen and oxygen atoms in total. The fraction of sp³-hybridized carbons (Fsp3) is 0.125. The Morgan fingerprint density at radius 1 is 1.36 bits per heavy atom. The lowest BCUT2D eigenvalue weighted by molar-refractivity contribution is 0.508. The fourth-order valence-electron chi connectivity index (χ4n) is 0.955. The van der Waals surface area contributed by atoms with E-state index in [1.54, 1.807) is 0 Å². The molecule has 0 saturated carbocycles. The Balaban J connectivity index is 2.34. The van der Waals surface area contributed by atoms with Crippen LogP contribution in [0.3, 0.4) is 0 Å². The number of hydrogen-bond donors (Lipinski definition) is 1. The third-order valence-corrected chi connectivity index (χ3v) is 1.62. The summed E-state index contributed by atoms with van der Waals surface area (Å²) in [5, 5.41) is 7.40. The zero-order valence-corrected chi connectivity index (χ0v) is 7.14. The van der Waals surface area contributed by atoms with Crippen molar-refractivity contribution in [3.8, 4) is 11.5 Å². The SMILES string of the molecule is NCc1nnc(-c2ccc(F)nc2)o1. The van der Waals surface area contributed by atoms with Crippen LogP contribution in [0.2, 0.25) is 0 Å². The predicted octanol–water partition coefficient (Wildman–Crippen LogP) is 0.729. The van der Waals surface area contributed by atoms with Gasteiger partial charge in [-0.2, -0.15) is 4.39 Å². The van der Waals surface area contributed by atoms with Gasteiger partial charge in [-0.05, 0) is 12.1 Å². The maximum absolute atomic E-state index is 12.5. The van der Waals surface area contributed by atoms with E-state index in [1.165, 1.54) is 18.3 Å². The summed E-state index contributed by atoms with van der Waals surface area (Å²) in [7, 11) is 0. The summed E-state index contributed by atoms with van der Waals surface area (Å²) >= 11 is 0. The number of hydrogen-bond acceptors (Lipinski definition) is 5. The van der Waals surface area contributed by atoms with Crippen LogP contribution in [0.4, 0.5) is 4.39 Å². The monoisotopic (exact) mass is 194 g/mol. The van der Waals surface area contributed by atoms with Crippen LogP contribution in [0, 0.1) is 5.95 Å². The number of nitrogens with two attached hydrogens (primary N) is 1. The van der Waals surface area contributed by atoms with Gasteiger partial charge in [0.15, 0.2) is 0 Å². The van der Waals surface area contributed by atoms with Crippen molar-refractivity contribution in [1.82, 2.24) is 15.2 Å². The van der Waals surface area contributed by atoms with E-state index in [1.807, 2.05) is 0 Å². The maximum Gasteiger partial charge on any atom is 0.249 e. The highest BCUT2D eigenvalue weighted by Crippen LogP contribution is 2.16. The lowest BCUT2D eigenvalue weighted by Gasteiger charge is -1.92. The molecule has 0 bridgehead atoms. The second kappa shape index (κ2) is 3.51. The molecule has 0 aromatic carbocycles. The fourth-order valence-corrected chi connectivity index (χ4v) is 0.955. The van der Waals surface area contributed by atoms with Crippen molar-refractivity contribution in [2.24, 2.45) is 5.73 Å². The van der Waals surface area contributed by atoms with Crippen LogP contribution in [0.1, 0.15) is 5.89 Å². The zero-order chi connectivity index (χ0) is 9.97. The summed E-state index contributed by atoms with van der Waals surface area (Å²) in [4.78, 5) is 3.46. The second-order valence-corrected chi connectivity index (χ2v) is 2.57. The Labute approximate surface area is 78.8 Å². The van der Waals surface area contributed by atoms with Crippen LogP contribution in [-0.2, 0) is 6.54 Å². The molecule has 2 aromatic heterocycles. The Morgan fingerprint density at radius 3 is 2.79 bits per heavy atom. The molecule has 6 heteroatoms. The third kappa shape index (κ3) is 1.60. The first kappa shape index (κ1) is 8.76. The Morgan fingerprint density at radius 2 is 2.21 bits per heavy atom. The van der Waals surface area contributed by atoms with E-state index >= 15 is 0 Å². The van der Waals surface area contributed by atoms with Crippen molar-refractivity contribution in [2.45, 2.75) is 6.54 Å². The summed E-state index contributed by atoms with van der Waals surface area (Å²) in [6.45, 7) is 0.182. The van der Waals surface area contributed by atoms with Gasteiger partial charge in [0.25, 0.3) is 0 Å². The largest absolute Gasteiger partial charge is 0.419 e. The van der Waals surface area contributed by atoms with Gasteiger partial charge in [0.2, 0.25) is 17.7 Å². The molecule has 0 aliphatic rings. The van der Waals surface area contributed by atoms with E-state index in [2.05, 4.69) is 15.2 Å². The molecule has 14 heavy (non-hydrogen) atoms. The molecular weight excluding hydrogens is 187 g/mol. The quantitative estimate of drug-likeness (QED) is 0.713. The molecule has 0 unspecified atom stereocenters. The first-order chi connectivity index (χ1) is 6.79. The van der Waals surface area contributed by atoms with E-state index < -0.39 is 5.95 Å². The normalized spacial score (nSPS) is 10.4. The Bertz CT molecular complexity index is 425. The molecule has 2 aromatic rings. The molecule has 0 radical (unpaired) electrons. The van der Waals surface area contributed by atoms with E-state index in [9.17, 15) is 4.39 Å². The standard InChI is InChI=1S/C8H7FN4O/c9-6-2-1-5(4-11-6)8-13-12-7(3-10)14-8/h1-2,4H,3,10H2. The van der Waals surface area contributed by atoms with Gasteiger partial charge in [-0.1, -0.05) is 0 Å². The van der Waals surface area contributed by atoms with E-state index in [0.29, 0.717) is 11.5 Å². The lowest BCUT2D eigenvalue weighted by atomic mass is 10.3.